The predicted octanol–water partition coefficient (Wildman–Crippen LogP) is -0.142. The minimum atomic E-state index is 0.727. The van der Waals surface area contributed by atoms with E-state index in [4.69, 9.17) is 0 Å². The maximum Gasteiger partial charge on any atom is 0.229 e. The molecular formula is C4H3N4. The van der Waals surface area contributed by atoms with Gasteiger partial charge in [0.15, 0.2) is 0 Å². The highest BCUT2D eigenvalue weighted by molar-refractivity contribution is 5.22. The van der Waals surface area contributed by atoms with E-state index in [0.717, 1.165) is 5.78 Å². The summed E-state index contributed by atoms with van der Waals surface area (Å²) in [7, 11) is 0. The van der Waals surface area contributed by atoms with Gasteiger partial charge in [0, 0.05) is 0 Å². The summed E-state index contributed by atoms with van der Waals surface area (Å²) < 4.78 is 1.68. The second-order valence-electron chi connectivity index (χ2n) is 1.44. The predicted molar refractivity (Wildman–Crippen MR) is 26.2 cm³/mol. The smallest absolute Gasteiger partial charge is 0.229 e. The molecule has 2 aromatic rings. The molecule has 0 aliphatic carbocycles. The summed E-state index contributed by atoms with van der Waals surface area (Å²) in [5, 5.41) is 6.38. The van der Waals surface area contributed by atoms with Crippen molar-refractivity contribution in [2.75, 3.05) is 0 Å². The molecule has 1 radical (unpaired) electrons. The fraction of sp³-hybridized carbons (Fsp3) is 0. The number of imidazole rings is 1. The van der Waals surface area contributed by atoms with E-state index in [1.165, 1.54) is 0 Å². The Labute approximate surface area is 45.2 Å². The molecule has 0 saturated carbocycles. The summed E-state index contributed by atoms with van der Waals surface area (Å²) in [6.07, 6.45) is 6.02. The Morgan fingerprint density at radius 1 is 1.75 bits per heavy atom. The van der Waals surface area contributed by atoms with Gasteiger partial charge in [-0.05, 0) is 0 Å². The maximum absolute atomic E-state index is 3.87. The zero-order valence-corrected chi connectivity index (χ0v) is 4.00. The van der Waals surface area contributed by atoms with Crippen LogP contribution in [0.3, 0.4) is 0 Å². The van der Waals surface area contributed by atoms with Gasteiger partial charge in [-0.1, -0.05) is 0 Å². The summed E-state index contributed by atoms with van der Waals surface area (Å²) in [6, 6.07) is 0. The van der Waals surface area contributed by atoms with Crippen LogP contribution in [-0.2, 0) is 0 Å². The van der Waals surface area contributed by atoms with E-state index in [1.807, 2.05) is 0 Å². The SMILES string of the molecule is [c]1cnc2[nH]ncn12. The van der Waals surface area contributed by atoms with Gasteiger partial charge in [-0.2, -0.15) is 5.10 Å². The quantitative estimate of drug-likeness (QED) is 0.509. The van der Waals surface area contributed by atoms with Crippen molar-refractivity contribution in [1.29, 1.82) is 0 Å². The highest BCUT2D eigenvalue weighted by atomic mass is 15.3. The molecule has 0 amide bonds. The first-order valence-electron chi connectivity index (χ1n) is 2.21. The normalized spacial score (nSPS) is 10.5. The number of hydrogen-bond donors (Lipinski definition) is 1. The third-order valence-electron chi connectivity index (χ3n) is 0.950. The molecular weight excluding hydrogens is 104 g/mol. The van der Waals surface area contributed by atoms with Crippen molar-refractivity contribution < 1.29 is 0 Å². The van der Waals surface area contributed by atoms with Crippen molar-refractivity contribution in [1.82, 2.24) is 19.6 Å². The van der Waals surface area contributed by atoms with Gasteiger partial charge < -0.3 is 0 Å². The van der Waals surface area contributed by atoms with Crippen LogP contribution in [0.15, 0.2) is 12.5 Å². The molecule has 1 N–H and O–H groups in total. The Balaban J connectivity index is 3.06. The fourth-order valence-electron chi connectivity index (χ4n) is 0.591. The van der Waals surface area contributed by atoms with Gasteiger partial charge in [-0.25, -0.2) is 10.1 Å². The fourth-order valence-corrected chi connectivity index (χ4v) is 0.591. The molecule has 4 heteroatoms. The van der Waals surface area contributed by atoms with Gasteiger partial charge in [0.2, 0.25) is 5.78 Å². The molecule has 0 fully saturated rings. The van der Waals surface area contributed by atoms with Gasteiger partial charge in [-0.15, -0.1) is 0 Å². The molecule has 2 aromatic heterocycles. The van der Waals surface area contributed by atoms with Crippen LogP contribution in [0.25, 0.3) is 5.78 Å². The van der Waals surface area contributed by atoms with Gasteiger partial charge >= 0.3 is 0 Å². The molecule has 0 unspecified atom stereocenters. The lowest BCUT2D eigenvalue weighted by Gasteiger charge is -1.68. The van der Waals surface area contributed by atoms with E-state index in [9.17, 15) is 0 Å². The van der Waals surface area contributed by atoms with Crippen LogP contribution >= 0.6 is 0 Å². The second kappa shape index (κ2) is 1.09. The van der Waals surface area contributed by atoms with Crippen molar-refractivity contribution in [2.45, 2.75) is 0 Å². The summed E-state index contributed by atoms with van der Waals surface area (Å²) in [5.41, 5.74) is 0. The Hall–Kier alpha value is -1.32. The summed E-state index contributed by atoms with van der Waals surface area (Å²) >= 11 is 0. The van der Waals surface area contributed by atoms with Crippen LogP contribution in [0.2, 0.25) is 0 Å². The lowest BCUT2D eigenvalue weighted by Crippen LogP contribution is -1.70. The van der Waals surface area contributed by atoms with Crippen LogP contribution in [0.1, 0.15) is 0 Å². The van der Waals surface area contributed by atoms with Crippen LogP contribution in [0.4, 0.5) is 0 Å². The van der Waals surface area contributed by atoms with Crippen molar-refractivity contribution in [3.05, 3.63) is 18.7 Å². The number of aromatic nitrogens is 4. The molecule has 0 aliphatic heterocycles. The molecule has 8 heavy (non-hydrogen) atoms. The molecule has 39 valence electrons. The van der Waals surface area contributed by atoms with Gasteiger partial charge in [0.05, 0.1) is 12.4 Å². The van der Waals surface area contributed by atoms with Crippen molar-refractivity contribution >= 4 is 5.78 Å². The lowest BCUT2D eigenvalue weighted by molar-refractivity contribution is 1.09. The number of aromatic amines is 1. The van der Waals surface area contributed by atoms with Gasteiger partial charge in [-0.3, -0.25) is 4.40 Å². The number of H-pyrrole nitrogens is 1. The standard InChI is InChI=1S/C4H3N4/c1-2-8-3-6-7-4(8)5-1/h1,3H,(H,5,7). The Morgan fingerprint density at radius 3 is 3.62 bits per heavy atom. The van der Waals surface area contributed by atoms with E-state index in [1.54, 1.807) is 16.9 Å². The van der Waals surface area contributed by atoms with Crippen LogP contribution in [0, 0.1) is 6.20 Å². The third kappa shape index (κ3) is 0.294. The monoisotopic (exact) mass is 107 g/mol. The lowest BCUT2D eigenvalue weighted by atomic mass is 10.9. The number of hydrogen-bond acceptors (Lipinski definition) is 2. The first-order valence-corrected chi connectivity index (χ1v) is 2.21. The van der Waals surface area contributed by atoms with Gasteiger partial charge in [0.1, 0.15) is 6.33 Å². The molecule has 0 atom stereocenters. The molecule has 4 nitrogen and oxygen atoms in total. The molecule has 0 aliphatic rings. The highest BCUT2D eigenvalue weighted by Crippen LogP contribution is 1.88. The minimum absolute atomic E-state index is 0.727. The molecule has 2 rings (SSSR count). The zero-order valence-electron chi connectivity index (χ0n) is 4.00. The Kier molecular flexibility index (Phi) is 0.498. The number of nitrogens with one attached hydrogen (secondary N) is 1. The average molecular weight is 107 g/mol. The number of rotatable bonds is 0. The third-order valence-corrected chi connectivity index (χ3v) is 0.950. The first-order chi connectivity index (χ1) is 3.97. The highest BCUT2D eigenvalue weighted by Gasteiger charge is 1.89. The van der Waals surface area contributed by atoms with E-state index in [-0.39, 0.29) is 0 Å². The summed E-state index contributed by atoms with van der Waals surface area (Å²) in [4.78, 5) is 3.87. The molecule has 0 aromatic carbocycles. The minimum Gasteiger partial charge on any atom is -0.264 e. The zero-order chi connectivity index (χ0) is 5.40. The summed E-state index contributed by atoms with van der Waals surface area (Å²) in [5.74, 6) is 0.727. The first kappa shape index (κ1) is 3.65. The van der Waals surface area contributed by atoms with Crippen molar-refractivity contribution in [3.63, 3.8) is 0 Å². The maximum atomic E-state index is 3.87. The molecule has 2 heterocycles. The van der Waals surface area contributed by atoms with E-state index >= 15 is 0 Å². The average Bonchev–Trinajstić information content (AvgIpc) is 2.15. The van der Waals surface area contributed by atoms with E-state index in [0.29, 0.717) is 0 Å². The van der Waals surface area contributed by atoms with E-state index < -0.39 is 0 Å². The number of fused-ring (bicyclic) bond motifs is 1. The second-order valence-corrected chi connectivity index (χ2v) is 1.44. The summed E-state index contributed by atoms with van der Waals surface area (Å²) in [6.45, 7) is 0. The largest absolute Gasteiger partial charge is 0.264 e. The topological polar surface area (TPSA) is 46.0 Å². The molecule has 0 bridgehead atoms. The molecule has 0 spiro atoms. The van der Waals surface area contributed by atoms with Crippen LogP contribution in [-0.4, -0.2) is 19.6 Å². The number of nitrogens with zero attached hydrogens (tertiary/aromatic N) is 3. The molecule has 0 saturated heterocycles. The van der Waals surface area contributed by atoms with Crippen molar-refractivity contribution in [2.24, 2.45) is 0 Å². The Bertz CT molecular complexity index is 229. The Morgan fingerprint density at radius 2 is 2.75 bits per heavy atom. The van der Waals surface area contributed by atoms with Crippen LogP contribution < -0.4 is 0 Å². The van der Waals surface area contributed by atoms with E-state index in [2.05, 4.69) is 21.4 Å². The van der Waals surface area contributed by atoms with Gasteiger partial charge in [0.25, 0.3) is 0 Å². The van der Waals surface area contributed by atoms with Crippen LogP contribution in [0.5, 0.6) is 0 Å². The van der Waals surface area contributed by atoms with Crippen molar-refractivity contribution in [3.8, 4) is 0 Å².